The first-order valence-corrected chi connectivity index (χ1v) is 11.0. The number of nitriles is 1. The van der Waals surface area contributed by atoms with E-state index in [4.69, 9.17) is 32.7 Å². The van der Waals surface area contributed by atoms with Gasteiger partial charge in [0.15, 0.2) is 11.5 Å². The molecule has 0 bridgehead atoms. The second-order valence-electron chi connectivity index (χ2n) is 6.38. The number of rotatable bonds is 8. The van der Waals surface area contributed by atoms with Gasteiger partial charge in [0.2, 0.25) is 5.13 Å². The molecular weight excluding hydrogens is 471 g/mol. The van der Waals surface area contributed by atoms with Crippen LogP contribution in [0.4, 0.5) is 5.13 Å². The first-order valence-electron chi connectivity index (χ1n) is 9.44. The molecule has 0 atom stereocenters. The van der Waals surface area contributed by atoms with Gasteiger partial charge in [-0.25, -0.2) is 0 Å². The van der Waals surface area contributed by atoms with Gasteiger partial charge < -0.3 is 9.47 Å². The van der Waals surface area contributed by atoms with Gasteiger partial charge in [0, 0.05) is 15.6 Å². The molecule has 0 saturated carbocycles. The van der Waals surface area contributed by atoms with Gasteiger partial charge in [0.05, 0.1) is 7.11 Å². The molecule has 3 aromatic rings. The minimum absolute atomic E-state index is 0.0863. The van der Waals surface area contributed by atoms with Crippen LogP contribution < -0.4 is 14.8 Å². The minimum Gasteiger partial charge on any atom is -0.493 e. The summed E-state index contributed by atoms with van der Waals surface area (Å²) in [5.74, 6) is 0.319. The maximum atomic E-state index is 12.4. The van der Waals surface area contributed by atoms with Gasteiger partial charge in [-0.2, -0.15) is 5.26 Å². The fraction of sp³-hybridized carbons (Fsp3) is 0.182. The molecule has 0 spiro atoms. The Morgan fingerprint density at radius 2 is 1.97 bits per heavy atom. The number of ether oxygens (including phenoxy) is 2. The predicted octanol–water partition coefficient (Wildman–Crippen LogP) is 5.54. The fourth-order valence-electron chi connectivity index (χ4n) is 2.64. The maximum Gasteiger partial charge on any atom is 0.268 e. The van der Waals surface area contributed by atoms with Crippen LogP contribution >= 0.6 is 34.5 Å². The Kier molecular flexibility index (Phi) is 8.06. The Balaban J connectivity index is 1.76. The van der Waals surface area contributed by atoms with Crippen molar-refractivity contribution in [3.05, 3.63) is 68.2 Å². The first-order chi connectivity index (χ1) is 15.4. The van der Waals surface area contributed by atoms with E-state index in [2.05, 4.69) is 15.5 Å². The number of hydrogen-bond acceptors (Lipinski definition) is 7. The van der Waals surface area contributed by atoms with Crippen LogP contribution in [-0.2, 0) is 17.8 Å². The number of aromatic nitrogens is 2. The van der Waals surface area contributed by atoms with E-state index in [1.54, 1.807) is 36.4 Å². The normalized spacial score (nSPS) is 11.0. The van der Waals surface area contributed by atoms with Crippen LogP contribution in [0.1, 0.15) is 23.1 Å². The summed E-state index contributed by atoms with van der Waals surface area (Å²) in [6, 6.07) is 12.2. The topological polar surface area (TPSA) is 97.1 Å². The highest BCUT2D eigenvalue weighted by molar-refractivity contribution is 7.15. The van der Waals surface area contributed by atoms with E-state index in [-0.39, 0.29) is 12.2 Å². The van der Waals surface area contributed by atoms with Crippen molar-refractivity contribution in [3.8, 4) is 17.6 Å². The predicted molar refractivity (Wildman–Crippen MR) is 125 cm³/mol. The highest BCUT2D eigenvalue weighted by Crippen LogP contribution is 2.32. The molecule has 0 unspecified atom stereocenters. The van der Waals surface area contributed by atoms with E-state index >= 15 is 0 Å². The van der Waals surface area contributed by atoms with Crippen molar-refractivity contribution in [2.45, 2.75) is 20.0 Å². The minimum atomic E-state index is -0.570. The molecule has 32 heavy (non-hydrogen) atoms. The van der Waals surface area contributed by atoms with Crippen molar-refractivity contribution in [3.63, 3.8) is 0 Å². The van der Waals surface area contributed by atoms with Gasteiger partial charge >= 0.3 is 0 Å². The van der Waals surface area contributed by atoms with E-state index < -0.39 is 5.91 Å². The zero-order chi connectivity index (χ0) is 23.1. The van der Waals surface area contributed by atoms with Crippen LogP contribution in [0, 0.1) is 11.3 Å². The summed E-state index contributed by atoms with van der Waals surface area (Å²) in [5.41, 5.74) is 1.16. The summed E-state index contributed by atoms with van der Waals surface area (Å²) in [6.45, 7) is 2.09. The Labute approximate surface area is 199 Å². The zero-order valence-electron chi connectivity index (χ0n) is 17.2. The van der Waals surface area contributed by atoms with Crippen molar-refractivity contribution in [2.24, 2.45) is 0 Å². The van der Waals surface area contributed by atoms with Gasteiger partial charge in [-0.1, -0.05) is 53.6 Å². The first kappa shape index (κ1) is 23.5. The summed E-state index contributed by atoms with van der Waals surface area (Å²) >= 11 is 13.6. The molecule has 0 saturated heterocycles. The molecule has 0 aliphatic rings. The second-order valence-corrected chi connectivity index (χ2v) is 8.25. The number of nitrogens with zero attached hydrogens (tertiary/aromatic N) is 3. The zero-order valence-corrected chi connectivity index (χ0v) is 19.5. The molecule has 0 radical (unpaired) electrons. The van der Waals surface area contributed by atoms with Crippen LogP contribution in [-0.4, -0.2) is 23.2 Å². The highest BCUT2D eigenvalue weighted by Gasteiger charge is 2.14. The van der Waals surface area contributed by atoms with Gasteiger partial charge in [-0.05, 0) is 42.3 Å². The number of amides is 1. The van der Waals surface area contributed by atoms with Gasteiger partial charge in [0.25, 0.3) is 5.91 Å². The number of halogens is 2. The molecule has 0 fully saturated rings. The number of carbonyl (C=O) groups excluding carboxylic acids is 1. The van der Waals surface area contributed by atoms with Crippen molar-refractivity contribution >= 4 is 51.7 Å². The third kappa shape index (κ3) is 5.77. The summed E-state index contributed by atoms with van der Waals surface area (Å²) in [7, 11) is 1.50. The third-order valence-corrected chi connectivity index (χ3v) is 5.98. The third-order valence-electron chi connectivity index (χ3n) is 4.29. The molecule has 1 amide bonds. The maximum absolute atomic E-state index is 12.4. The van der Waals surface area contributed by atoms with Gasteiger partial charge in [-0.3, -0.25) is 10.1 Å². The molecule has 10 heteroatoms. The standard InChI is InChI=1S/C22H18Cl2N4O3S/c1-3-20-27-28-22(32-20)26-21(29)14(11-25)9-13-7-8-18(19(10-13)30-2)31-12-15-16(23)5-4-6-17(15)24/h4-10H,3,12H2,1-2H3,(H,26,28,29)/b14-9-. The Hall–Kier alpha value is -3.12. The fourth-order valence-corrected chi connectivity index (χ4v) is 3.82. The number of hydrogen-bond donors (Lipinski definition) is 1. The van der Waals surface area contributed by atoms with E-state index in [0.717, 1.165) is 5.01 Å². The molecule has 2 aromatic carbocycles. The molecule has 1 N–H and O–H groups in total. The average molecular weight is 489 g/mol. The highest BCUT2D eigenvalue weighted by atomic mass is 35.5. The lowest BCUT2D eigenvalue weighted by Gasteiger charge is -2.13. The number of anilines is 1. The summed E-state index contributed by atoms with van der Waals surface area (Å²) in [5, 5.41) is 22.0. The second kappa shape index (κ2) is 11.0. The molecule has 7 nitrogen and oxygen atoms in total. The Bertz CT molecular complexity index is 1180. The van der Waals surface area contributed by atoms with Crippen LogP contribution in [0.5, 0.6) is 11.5 Å². The molecule has 3 rings (SSSR count). The Morgan fingerprint density at radius 3 is 2.59 bits per heavy atom. The number of nitrogens with one attached hydrogen (secondary N) is 1. The largest absolute Gasteiger partial charge is 0.493 e. The number of carbonyl (C=O) groups is 1. The number of aryl methyl sites for hydroxylation is 1. The van der Waals surface area contributed by atoms with E-state index in [0.29, 0.717) is 44.2 Å². The van der Waals surface area contributed by atoms with Crippen LogP contribution in [0.25, 0.3) is 6.08 Å². The number of benzene rings is 2. The van der Waals surface area contributed by atoms with Crippen molar-refractivity contribution in [1.82, 2.24) is 10.2 Å². The summed E-state index contributed by atoms with van der Waals surface area (Å²) < 4.78 is 11.2. The lowest BCUT2D eigenvalue weighted by atomic mass is 10.1. The monoisotopic (exact) mass is 488 g/mol. The molecule has 164 valence electrons. The average Bonchev–Trinajstić information content (AvgIpc) is 3.25. The van der Waals surface area contributed by atoms with Crippen LogP contribution in [0.15, 0.2) is 42.0 Å². The van der Waals surface area contributed by atoms with Gasteiger partial charge in [0.1, 0.15) is 23.3 Å². The van der Waals surface area contributed by atoms with E-state index in [1.807, 2.05) is 13.0 Å². The lowest BCUT2D eigenvalue weighted by molar-refractivity contribution is -0.112. The van der Waals surface area contributed by atoms with E-state index in [9.17, 15) is 10.1 Å². The summed E-state index contributed by atoms with van der Waals surface area (Å²) in [6.07, 6.45) is 2.17. The van der Waals surface area contributed by atoms with Crippen LogP contribution in [0.3, 0.4) is 0 Å². The number of methoxy groups -OCH3 is 1. The Morgan fingerprint density at radius 1 is 1.22 bits per heavy atom. The SMILES string of the molecule is CCc1nnc(NC(=O)/C(C#N)=C\c2ccc(OCc3c(Cl)cccc3Cl)c(OC)c2)s1. The summed E-state index contributed by atoms with van der Waals surface area (Å²) in [4.78, 5) is 12.4. The molecule has 1 heterocycles. The van der Waals surface area contributed by atoms with Crippen molar-refractivity contribution < 1.29 is 14.3 Å². The van der Waals surface area contributed by atoms with Crippen molar-refractivity contribution in [2.75, 3.05) is 12.4 Å². The molecule has 0 aliphatic heterocycles. The van der Waals surface area contributed by atoms with E-state index in [1.165, 1.54) is 24.5 Å². The lowest BCUT2D eigenvalue weighted by Crippen LogP contribution is -2.13. The molecular formula is C22H18Cl2N4O3S. The van der Waals surface area contributed by atoms with Crippen molar-refractivity contribution in [1.29, 1.82) is 5.26 Å². The molecule has 0 aliphatic carbocycles. The smallest absolute Gasteiger partial charge is 0.268 e. The molecule has 1 aromatic heterocycles. The van der Waals surface area contributed by atoms with Crippen LogP contribution in [0.2, 0.25) is 10.0 Å². The quantitative estimate of drug-likeness (QED) is 0.330. The van der Waals surface area contributed by atoms with Gasteiger partial charge in [-0.15, -0.1) is 10.2 Å².